The third-order valence-electron chi connectivity index (χ3n) is 4.72. The standard InChI is InChI=1S/C16H21NO3/c1-20-16(19)15-14-7-3-5-12(14)10-17(15)9-11-4-2-6-13(18)8-11/h2,4,6,8,12,14-15,18H,3,5,7,9-10H2,1H3/t12-,14+,15+/m1/s1. The third kappa shape index (κ3) is 2.40. The Labute approximate surface area is 119 Å². The molecule has 1 saturated carbocycles. The Balaban J connectivity index is 1.79. The van der Waals surface area contributed by atoms with E-state index < -0.39 is 0 Å². The van der Waals surface area contributed by atoms with Gasteiger partial charge in [-0.25, -0.2) is 0 Å². The summed E-state index contributed by atoms with van der Waals surface area (Å²) in [6, 6.07) is 7.15. The molecule has 1 N–H and O–H groups in total. The first-order chi connectivity index (χ1) is 9.69. The quantitative estimate of drug-likeness (QED) is 0.859. The van der Waals surface area contributed by atoms with Crippen molar-refractivity contribution >= 4 is 5.97 Å². The fraction of sp³-hybridized carbons (Fsp3) is 0.562. The summed E-state index contributed by atoms with van der Waals surface area (Å²) in [4.78, 5) is 14.3. The first-order valence-electron chi connectivity index (χ1n) is 7.29. The van der Waals surface area contributed by atoms with Gasteiger partial charge in [-0.05, 0) is 42.4 Å². The fourth-order valence-electron chi connectivity index (χ4n) is 3.89. The lowest BCUT2D eigenvalue weighted by Crippen LogP contribution is -2.40. The van der Waals surface area contributed by atoms with E-state index >= 15 is 0 Å². The van der Waals surface area contributed by atoms with Crippen molar-refractivity contribution in [1.29, 1.82) is 0 Å². The molecule has 0 spiro atoms. The van der Waals surface area contributed by atoms with Gasteiger partial charge < -0.3 is 9.84 Å². The normalized spacial score (nSPS) is 29.4. The number of ether oxygens (including phenoxy) is 1. The van der Waals surface area contributed by atoms with Crippen molar-refractivity contribution in [1.82, 2.24) is 4.90 Å². The highest BCUT2D eigenvalue weighted by Gasteiger charge is 2.47. The number of aromatic hydroxyl groups is 1. The van der Waals surface area contributed by atoms with E-state index in [1.54, 1.807) is 12.1 Å². The molecule has 1 aliphatic carbocycles. The van der Waals surface area contributed by atoms with E-state index in [-0.39, 0.29) is 17.8 Å². The Morgan fingerprint density at radius 1 is 1.45 bits per heavy atom. The van der Waals surface area contributed by atoms with Crippen LogP contribution in [0.25, 0.3) is 0 Å². The van der Waals surface area contributed by atoms with Crippen molar-refractivity contribution in [3.8, 4) is 5.75 Å². The van der Waals surface area contributed by atoms with E-state index in [1.165, 1.54) is 20.0 Å². The Kier molecular flexibility index (Phi) is 3.66. The molecule has 0 unspecified atom stereocenters. The van der Waals surface area contributed by atoms with E-state index in [1.807, 2.05) is 12.1 Å². The molecule has 1 aliphatic heterocycles. The topological polar surface area (TPSA) is 49.8 Å². The van der Waals surface area contributed by atoms with E-state index in [4.69, 9.17) is 4.74 Å². The van der Waals surface area contributed by atoms with Crippen LogP contribution in [0.2, 0.25) is 0 Å². The van der Waals surface area contributed by atoms with Crippen molar-refractivity contribution in [2.45, 2.75) is 31.8 Å². The van der Waals surface area contributed by atoms with Gasteiger partial charge in [0.1, 0.15) is 11.8 Å². The van der Waals surface area contributed by atoms with Crippen LogP contribution in [0.4, 0.5) is 0 Å². The zero-order valence-corrected chi connectivity index (χ0v) is 11.8. The molecule has 2 fully saturated rings. The largest absolute Gasteiger partial charge is 0.508 e. The molecular formula is C16H21NO3. The average Bonchev–Trinajstić information content (AvgIpc) is 2.98. The number of rotatable bonds is 3. The van der Waals surface area contributed by atoms with Crippen LogP contribution in [-0.4, -0.2) is 35.7 Å². The molecule has 1 saturated heterocycles. The number of likely N-dealkylation sites (tertiary alicyclic amines) is 1. The fourth-order valence-corrected chi connectivity index (χ4v) is 3.89. The second-order valence-corrected chi connectivity index (χ2v) is 5.92. The summed E-state index contributed by atoms with van der Waals surface area (Å²) in [5, 5.41) is 9.56. The zero-order valence-electron chi connectivity index (χ0n) is 11.8. The monoisotopic (exact) mass is 275 g/mol. The molecule has 1 aromatic carbocycles. The van der Waals surface area contributed by atoms with Crippen molar-refractivity contribution in [2.24, 2.45) is 11.8 Å². The summed E-state index contributed by atoms with van der Waals surface area (Å²) in [7, 11) is 1.47. The smallest absolute Gasteiger partial charge is 0.323 e. The number of phenols is 1. The van der Waals surface area contributed by atoms with Gasteiger partial charge in [0.15, 0.2) is 0 Å². The second-order valence-electron chi connectivity index (χ2n) is 5.92. The Morgan fingerprint density at radius 3 is 3.05 bits per heavy atom. The molecule has 0 radical (unpaired) electrons. The van der Waals surface area contributed by atoms with Crippen LogP contribution in [0.1, 0.15) is 24.8 Å². The molecule has 4 heteroatoms. The molecule has 3 atom stereocenters. The predicted octanol–water partition coefficient (Wildman–Crippen LogP) is 2.17. The maximum atomic E-state index is 12.1. The average molecular weight is 275 g/mol. The Morgan fingerprint density at radius 2 is 2.30 bits per heavy atom. The van der Waals surface area contributed by atoms with E-state index in [9.17, 15) is 9.90 Å². The van der Waals surface area contributed by atoms with Gasteiger partial charge in [-0.2, -0.15) is 0 Å². The highest BCUT2D eigenvalue weighted by Crippen LogP contribution is 2.43. The number of benzene rings is 1. The van der Waals surface area contributed by atoms with Crippen LogP contribution in [-0.2, 0) is 16.1 Å². The minimum atomic E-state index is -0.116. The van der Waals surface area contributed by atoms with Crippen LogP contribution >= 0.6 is 0 Å². The van der Waals surface area contributed by atoms with Crippen LogP contribution in [0.3, 0.4) is 0 Å². The summed E-state index contributed by atoms with van der Waals surface area (Å²) in [5.41, 5.74) is 1.04. The number of nitrogens with zero attached hydrogens (tertiary/aromatic N) is 1. The van der Waals surface area contributed by atoms with Crippen LogP contribution in [0.15, 0.2) is 24.3 Å². The molecule has 3 rings (SSSR count). The highest BCUT2D eigenvalue weighted by molar-refractivity contribution is 5.76. The molecule has 20 heavy (non-hydrogen) atoms. The maximum absolute atomic E-state index is 12.1. The van der Waals surface area contributed by atoms with Crippen molar-refractivity contribution in [3.05, 3.63) is 29.8 Å². The molecule has 1 heterocycles. The predicted molar refractivity (Wildman–Crippen MR) is 75.2 cm³/mol. The molecule has 4 nitrogen and oxygen atoms in total. The first kappa shape index (κ1) is 13.4. The van der Waals surface area contributed by atoms with Gasteiger partial charge in [-0.3, -0.25) is 9.69 Å². The second kappa shape index (κ2) is 5.44. The number of fused-ring (bicyclic) bond motifs is 1. The van der Waals surface area contributed by atoms with Gasteiger partial charge >= 0.3 is 5.97 Å². The molecular weight excluding hydrogens is 254 g/mol. The summed E-state index contributed by atoms with van der Waals surface area (Å²) in [5.74, 6) is 1.23. The maximum Gasteiger partial charge on any atom is 0.323 e. The number of carbonyl (C=O) groups is 1. The van der Waals surface area contributed by atoms with E-state index in [0.717, 1.165) is 18.5 Å². The van der Waals surface area contributed by atoms with Crippen LogP contribution < -0.4 is 0 Å². The molecule has 0 amide bonds. The summed E-state index contributed by atoms with van der Waals surface area (Å²) >= 11 is 0. The van der Waals surface area contributed by atoms with Gasteiger partial charge in [0.2, 0.25) is 0 Å². The lowest BCUT2D eigenvalue weighted by atomic mass is 9.94. The van der Waals surface area contributed by atoms with E-state index in [2.05, 4.69) is 4.90 Å². The zero-order chi connectivity index (χ0) is 14.1. The van der Waals surface area contributed by atoms with Crippen molar-refractivity contribution in [2.75, 3.05) is 13.7 Å². The van der Waals surface area contributed by atoms with Crippen molar-refractivity contribution in [3.63, 3.8) is 0 Å². The summed E-state index contributed by atoms with van der Waals surface area (Å²) in [6.07, 6.45) is 3.57. The number of phenolic OH excluding ortho intramolecular Hbond substituents is 1. The van der Waals surface area contributed by atoms with Gasteiger partial charge in [0.05, 0.1) is 7.11 Å². The van der Waals surface area contributed by atoms with Gasteiger partial charge in [0.25, 0.3) is 0 Å². The lowest BCUT2D eigenvalue weighted by Gasteiger charge is -2.25. The van der Waals surface area contributed by atoms with Gasteiger partial charge in [-0.15, -0.1) is 0 Å². The number of hydrogen-bond acceptors (Lipinski definition) is 4. The Hall–Kier alpha value is -1.55. The third-order valence-corrected chi connectivity index (χ3v) is 4.72. The van der Waals surface area contributed by atoms with Crippen LogP contribution in [0, 0.1) is 11.8 Å². The number of methoxy groups -OCH3 is 1. The summed E-state index contributed by atoms with van der Waals surface area (Å²) in [6.45, 7) is 1.65. The molecule has 0 aromatic heterocycles. The highest BCUT2D eigenvalue weighted by atomic mass is 16.5. The minimum Gasteiger partial charge on any atom is -0.508 e. The van der Waals surface area contributed by atoms with Gasteiger partial charge in [-0.1, -0.05) is 18.6 Å². The SMILES string of the molecule is COC(=O)[C@@H]1[C@H]2CCC[C@@H]2CN1Cc1cccc(O)c1. The number of esters is 1. The molecule has 108 valence electrons. The van der Waals surface area contributed by atoms with Crippen LogP contribution in [0.5, 0.6) is 5.75 Å². The minimum absolute atomic E-state index is 0.112. The van der Waals surface area contributed by atoms with Crippen molar-refractivity contribution < 1.29 is 14.6 Å². The van der Waals surface area contributed by atoms with Gasteiger partial charge in [0, 0.05) is 13.1 Å². The Bertz CT molecular complexity index is 502. The molecule has 1 aromatic rings. The summed E-state index contributed by atoms with van der Waals surface area (Å²) < 4.78 is 5.00. The van der Waals surface area contributed by atoms with E-state index in [0.29, 0.717) is 18.4 Å². The number of carbonyl (C=O) groups excluding carboxylic acids is 1. The molecule has 2 aliphatic rings. The molecule has 0 bridgehead atoms. The number of hydrogen-bond donors (Lipinski definition) is 1. The lowest BCUT2D eigenvalue weighted by molar-refractivity contribution is -0.147. The first-order valence-corrected chi connectivity index (χ1v) is 7.29.